The highest BCUT2D eigenvalue weighted by Gasteiger charge is 2.12. The first-order valence-electron chi connectivity index (χ1n) is 5.30. The van der Waals surface area contributed by atoms with Crippen LogP contribution in [0.15, 0.2) is 28.7 Å². The molecule has 0 spiro atoms. The summed E-state index contributed by atoms with van der Waals surface area (Å²) >= 11 is 3.52. The predicted molar refractivity (Wildman–Crippen MR) is 72.0 cm³/mol. The summed E-state index contributed by atoms with van der Waals surface area (Å²) in [4.78, 5) is 0. The number of halogens is 1. The van der Waals surface area contributed by atoms with Crippen LogP contribution in [0.4, 0.5) is 0 Å². The van der Waals surface area contributed by atoms with E-state index in [1.54, 1.807) is 0 Å². The maximum Gasteiger partial charge on any atom is 0.0727 e. The van der Waals surface area contributed by atoms with Gasteiger partial charge in [-0.3, -0.25) is 0 Å². The lowest BCUT2D eigenvalue weighted by atomic mass is 10.2. The Bertz CT molecular complexity index is 307. The molecule has 0 fully saturated rings. The van der Waals surface area contributed by atoms with Gasteiger partial charge in [0.05, 0.1) is 6.61 Å². The van der Waals surface area contributed by atoms with Crippen LogP contribution in [0.1, 0.15) is 5.56 Å². The van der Waals surface area contributed by atoms with Crippen LogP contribution in [-0.2, 0) is 11.3 Å². The SMILES string of the molecule is C[Si](C)(C)CCOCc1ccccc1Br. The molecular weight excluding hydrogens is 268 g/mol. The second-order valence-electron chi connectivity index (χ2n) is 4.95. The number of hydrogen-bond acceptors (Lipinski definition) is 1. The van der Waals surface area contributed by atoms with Gasteiger partial charge in [-0.25, -0.2) is 0 Å². The zero-order chi connectivity index (χ0) is 11.3. The van der Waals surface area contributed by atoms with Gasteiger partial charge in [0.25, 0.3) is 0 Å². The molecule has 0 aliphatic rings. The second kappa shape index (κ2) is 5.82. The number of hydrogen-bond donors (Lipinski definition) is 0. The minimum absolute atomic E-state index is 0.714. The highest BCUT2D eigenvalue weighted by molar-refractivity contribution is 9.10. The van der Waals surface area contributed by atoms with Crippen molar-refractivity contribution in [1.82, 2.24) is 0 Å². The van der Waals surface area contributed by atoms with Gasteiger partial charge in [0.15, 0.2) is 0 Å². The fourth-order valence-corrected chi connectivity index (χ4v) is 2.33. The summed E-state index contributed by atoms with van der Waals surface area (Å²) in [5.41, 5.74) is 1.23. The molecule has 15 heavy (non-hydrogen) atoms. The normalized spacial score (nSPS) is 11.7. The lowest BCUT2D eigenvalue weighted by Gasteiger charge is -2.15. The Morgan fingerprint density at radius 1 is 1.20 bits per heavy atom. The van der Waals surface area contributed by atoms with E-state index < -0.39 is 8.07 Å². The fourth-order valence-electron chi connectivity index (χ4n) is 1.18. The third-order valence-electron chi connectivity index (χ3n) is 2.21. The maximum absolute atomic E-state index is 5.68. The summed E-state index contributed by atoms with van der Waals surface area (Å²) in [5, 5.41) is 0. The van der Waals surface area contributed by atoms with Crippen molar-refractivity contribution in [2.24, 2.45) is 0 Å². The zero-order valence-electron chi connectivity index (χ0n) is 9.72. The molecule has 84 valence electrons. The quantitative estimate of drug-likeness (QED) is 0.579. The van der Waals surface area contributed by atoms with E-state index in [4.69, 9.17) is 4.74 Å². The molecule has 1 aromatic rings. The molecule has 0 atom stereocenters. The van der Waals surface area contributed by atoms with Crippen LogP contribution in [0.3, 0.4) is 0 Å². The molecule has 0 amide bonds. The van der Waals surface area contributed by atoms with Gasteiger partial charge < -0.3 is 4.74 Å². The number of ether oxygens (including phenoxy) is 1. The van der Waals surface area contributed by atoms with Gasteiger partial charge in [0, 0.05) is 19.2 Å². The van der Waals surface area contributed by atoms with Crippen LogP contribution in [0.25, 0.3) is 0 Å². The minimum Gasteiger partial charge on any atom is -0.377 e. The molecule has 0 saturated heterocycles. The maximum atomic E-state index is 5.68. The van der Waals surface area contributed by atoms with Gasteiger partial charge in [-0.2, -0.15) is 0 Å². The largest absolute Gasteiger partial charge is 0.377 e. The smallest absolute Gasteiger partial charge is 0.0727 e. The fraction of sp³-hybridized carbons (Fsp3) is 0.500. The molecular formula is C12H19BrOSi. The highest BCUT2D eigenvalue weighted by Crippen LogP contribution is 2.17. The Labute approximate surface area is 102 Å². The molecule has 1 nitrogen and oxygen atoms in total. The molecule has 0 aliphatic carbocycles. The van der Waals surface area contributed by atoms with Gasteiger partial charge in [0.2, 0.25) is 0 Å². The summed E-state index contributed by atoms with van der Waals surface area (Å²) in [6, 6.07) is 9.45. The van der Waals surface area contributed by atoms with Crippen molar-refractivity contribution in [3.63, 3.8) is 0 Å². The Hall–Kier alpha value is -0.123. The van der Waals surface area contributed by atoms with Crippen molar-refractivity contribution in [3.8, 4) is 0 Å². The van der Waals surface area contributed by atoms with E-state index in [1.165, 1.54) is 11.6 Å². The molecule has 0 bridgehead atoms. The molecule has 0 saturated carbocycles. The number of benzene rings is 1. The van der Waals surface area contributed by atoms with Gasteiger partial charge in [-0.1, -0.05) is 53.8 Å². The van der Waals surface area contributed by atoms with E-state index in [0.29, 0.717) is 6.61 Å². The standard InChI is InChI=1S/C12H19BrOSi/c1-15(2,3)9-8-14-10-11-6-4-5-7-12(11)13/h4-7H,8-10H2,1-3H3. The molecule has 0 unspecified atom stereocenters. The summed E-state index contributed by atoms with van der Waals surface area (Å²) in [7, 11) is -0.946. The Morgan fingerprint density at radius 3 is 2.47 bits per heavy atom. The lowest BCUT2D eigenvalue weighted by molar-refractivity contribution is 0.133. The third-order valence-corrected chi connectivity index (χ3v) is 4.69. The van der Waals surface area contributed by atoms with E-state index in [9.17, 15) is 0 Å². The summed E-state index contributed by atoms with van der Waals surface area (Å²) in [6.45, 7) is 8.71. The molecule has 0 aliphatic heterocycles. The van der Waals surface area contributed by atoms with Crippen molar-refractivity contribution in [3.05, 3.63) is 34.3 Å². The lowest BCUT2D eigenvalue weighted by Crippen LogP contribution is -2.21. The molecule has 1 aromatic carbocycles. The van der Waals surface area contributed by atoms with Crippen LogP contribution in [0.5, 0.6) is 0 Å². The average Bonchev–Trinajstić information content (AvgIpc) is 2.13. The van der Waals surface area contributed by atoms with E-state index in [-0.39, 0.29) is 0 Å². The van der Waals surface area contributed by atoms with Crippen LogP contribution in [0, 0.1) is 0 Å². The van der Waals surface area contributed by atoms with Gasteiger partial charge in [0.1, 0.15) is 0 Å². The third kappa shape index (κ3) is 5.49. The average molecular weight is 287 g/mol. The van der Waals surface area contributed by atoms with Crippen molar-refractivity contribution in [1.29, 1.82) is 0 Å². The molecule has 1 rings (SSSR count). The van der Waals surface area contributed by atoms with E-state index in [1.807, 2.05) is 12.1 Å². The second-order valence-corrected chi connectivity index (χ2v) is 11.4. The van der Waals surface area contributed by atoms with E-state index in [0.717, 1.165) is 11.1 Å². The van der Waals surface area contributed by atoms with Gasteiger partial charge in [-0.05, 0) is 17.7 Å². The van der Waals surface area contributed by atoms with Crippen LogP contribution in [-0.4, -0.2) is 14.7 Å². The summed E-state index contributed by atoms with van der Waals surface area (Å²) in [5.74, 6) is 0. The monoisotopic (exact) mass is 286 g/mol. The molecule has 0 radical (unpaired) electrons. The predicted octanol–water partition coefficient (Wildman–Crippen LogP) is 4.30. The molecule has 3 heteroatoms. The molecule has 0 N–H and O–H groups in total. The Balaban J connectivity index is 2.30. The van der Waals surface area contributed by atoms with Gasteiger partial charge >= 0.3 is 0 Å². The van der Waals surface area contributed by atoms with Gasteiger partial charge in [-0.15, -0.1) is 0 Å². The Morgan fingerprint density at radius 2 is 1.87 bits per heavy atom. The highest BCUT2D eigenvalue weighted by atomic mass is 79.9. The van der Waals surface area contributed by atoms with E-state index in [2.05, 4.69) is 47.7 Å². The first kappa shape index (κ1) is 12.9. The van der Waals surface area contributed by atoms with Crippen molar-refractivity contribution in [2.45, 2.75) is 32.3 Å². The first-order valence-corrected chi connectivity index (χ1v) is 9.80. The zero-order valence-corrected chi connectivity index (χ0v) is 12.3. The van der Waals surface area contributed by atoms with Crippen LogP contribution < -0.4 is 0 Å². The van der Waals surface area contributed by atoms with Crippen molar-refractivity contribution in [2.75, 3.05) is 6.61 Å². The summed E-state index contributed by atoms with van der Waals surface area (Å²) < 4.78 is 6.82. The van der Waals surface area contributed by atoms with Crippen LogP contribution in [0.2, 0.25) is 25.7 Å². The topological polar surface area (TPSA) is 9.23 Å². The van der Waals surface area contributed by atoms with Crippen LogP contribution >= 0.6 is 15.9 Å². The summed E-state index contributed by atoms with van der Waals surface area (Å²) in [6.07, 6.45) is 0. The Kier molecular flexibility index (Phi) is 5.03. The van der Waals surface area contributed by atoms with E-state index >= 15 is 0 Å². The molecule has 0 aromatic heterocycles. The van der Waals surface area contributed by atoms with Crippen molar-refractivity contribution < 1.29 is 4.74 Å². The number of rotatable bonds is 5. The minimum atomic E-state index is -0.946. The molecule has 0 heterocycles. The van der Waals surface area contributed by atoms with Crippen molar-refractivity contribution >= 4 is 24.0 Å². The first-order chi connectivity index (χ1) is 6.99.